The van der Waals surface area contributed by atoms with E-state index in [1.54, 1.807) is 6.07 Å². The number of carbonyl (C=O) groups is 1. The van der Waals surface area contributed by atoms with Gasteiger partial charge in [-0.15, -0.1) is 5.10 Å². The Labute approximate surface area is 150 Å². The Morgan fingerprint density at radius 1 is 1.20 bits per heavy atom. The van der Waals surface area contributed by atoms with Crippen molar-refractivity contribution < 1.29 is 4.79 Å². The number of carbonyl (C=O) groups excluding carboxylic acids is 1. The second-order valence-corrected chi connectivity index (χ2v) is 6.22. The summed E-state index contributed by atoms with van der Waals surface area (Å²) in [6.07, 6.45) is 1.96. The first kappa shape index (κ1) is 17.1. The molecule has 25 heavy (non-hydrogen) atoms. The van der Waals surface area contributed by atoms with Crippen LogP contribution in [0.1, 0.15) is 30.1 Å². The Kier molecular flexibility index (Phi) is 5.40. The highest BCUT2D eigenvalue weighted by molar-refractivity contribution is 6.30. The number of nitrogens with zero attached hydrogens (tertiary/aromatic N) is 4. The van der Waals surface area contributed by atoms with E-state index < -0.39 is 6.04 Å². The molecular weight excluding hydrogens is 338 g/mol. The minimum absolute atomic E-state index is 0.149. The molecule has 0 aliphatic rings. The standard InChI is InChI=1S/C18H18ClN5O/c1-13(15-8-5-9-16(19)11-15)21-18(25)17(24-12-20-22-23-24)10-14-6-3-2-4-7-14/h2-9,11-13,17H,10H2,1H3,(H,21,25). The van der Waals surface area contributed by atoms with Crippen molar-refractivity contribution in [1.29, 1.82) is 0 Å². The molecule has 3 rings (SSSR count). The first-order valence-electron chi connectivity index (χ1n) is 7.95. The predicted molar refractivity (Wildman–Crippen MR) is 95.0 cm³/mol. The number of hydrogen-bond acceptors (Lipinski definition) is 4. The van der Waals surface area contributed by atoms with Gasteiger partial charge in [0.2, 0.25) is 5.91 Å². The van der Waals surface area contributed by atoms with Gasteiger partial charge in [-0.3, -0.25) is 4.79 Å². The second kappa shape index (κ2) is 7.90. The minimum atomic E-state index is -0.529. The van der Waals surface area contributed by atoms with Gasteiger partial charge in [0.05, 0.1) is 6.04 Å². The molecule has 0 aliphatic carbocycles. The van der Waals surface area contributed by atoms with E-state index >= 15 is 0 Å². The van der Waals surface area contributed by atoms with Gasteiger partial charge in [-0.2, -0.15) is 0 Å². The summed E-state index contributed by atoms with van der Waals surface area (Å²) in [5, 5.41) is 14.9. The predicted octanol–water partition coefficient (Wildman–Crippen LogP) is 2.99. The van der Waals surface area contributed by atoms with Crippen molar-refractivity contribution in [1.82, 2.24) is 25.5 Å². The maximum Gasteiger partial charge on any atom is 0.245 e. The van der Waals surface area contributed by atoms with Crippen molar-refractivity contribution >= 4 is 17.5 Å². The molecule has 1 amide bonds. The summed E-state index contributed by atoms with van der Waals surface area (Å²) in [6, 6.07) is 16.5. The average Bonchev–Trinajstić information content (AvgIpc) is 3.14. The molecule has 2 aromatic carbocycles. The highest BCUT2D eigenvalue weighted by Gasteiger charge is 2.24. The summed E-state index contributed by atoms with van der Waals surface area (Å²) < 4.78 is 1.48. The maximum absolute atomic E-state index is 12.9. The van der Waals surface area contributed by atoms with E-state index in [9.17, 15) is 4.79 Å². The molecule has 0 saturated carbocycles. The van der Waals surface area contributed by atoms with Gasteiger partial charge in [-0.1, -0.05) is 54.1 Å². The van der Waals surface area contributed by atoms with Gasteiger partial charge < -0.3 is 5.32 Å². The van der Waals surface area contributed by atoms with E-state index in [4.69, 9.17) is 11.6 Å². The van der Waals surface area contributed by atoms with Crippen LogP contribution in [0.15, 0.2) is 60.9 Å². The molecule has 6 nitrogen and oxygen atoms in total. The van der Waals surface area contributed by atoms with Crippen LogP contribution in [0, 0.1) is 0 Å². The van der Waals surface area contributed by atoms with Crippen LogP contribution in [0.3, 0.4) is 0 Å². The number of tetrazole rings is 1. The smallest absolute Gasteiger partial charge is 0.245 e. The zero-order valence-corrected chi connectivity index (χ0v) is 14.5. The van der Waals surface area contributed by atoms with E-state index in [0.29, 0.717) is 11.4 Å². The van der Waals surface area contributed by atoms with Crippen molar-refractivity contribution in [2.45, 2.75) is 25.4 Å². The molecule has 3 aromatic rings. The number of nitrogens with one attached hydrogen (secondary N) is 1. The van der Waals surface area contributed by atoms with Gasteiger partial charge in [0.1, 0.15) is 12.4 Å². The zero-order valence-electron chi connectivity index (χ0n) is 13.7. The Bertz CT molecular complexity index is 823. The molecule has 0 saturated heterocycles. The number of amides is 1. The van der Waals surface area contributed by atoms with Crippen LogP contribution in [0.2, 0.25) is 5.02 Å². The average molecular weight is 356 g/mol. The van der Waals surface area contributed by atoms with Gasteiger partial charge >= 0.3 is 0 Å². The third-order valence-corrected chi connectivity index (χ3v) is 4.20. The highest BCUT2D eigenvalue weighted by atomic mass is 35.5. The SMILES string of the molecule is CC(NC(=O)C(Cc1ccccc1)n1cnnn1)c1cccc(Cl)c1. The number of hydrogen-bond donors (Lipinski definition) is 1. The fourth-order valence-electron chi connectivity index (χ4n) is 2.62. The summed E-state index contributed by atoms with van der Waals surface area (Å²) in [5.74, 6) is -0.149. The van der Waals surface area contributed by atoms with Crippen LogP contribution in [-0.4, -0.2) is 26.1 Å². The monoisotopic (exact) mass is 355 g/mol. The Morgan fingerprint density at radius 3 is 2.68 bits per heavy atom. The Morgan fingerprint density at radius 2 is 2.00 bits per heavy atom. The molecule has 2 atom stereocenters. The number of rotatable bonds is 6. The lowest BCUT2D eigenvalue weighted by atomic mass is 10.0. The summed E-state index contributed by atoms with van der Waals surface area (Å²) in [5.41, 5.74) is 1.98. The number of benzene rings is 2. The Hall–Kier alpha value is -2.73. The lowest BCUT2D eigenvalue weighted by Crippen LogP contribution is -2.35. The van der Waals surface area contributed by atoms with E-state index in [0.717, 1.165) is 11.1 Å². The highest BCUT2D eigenvalue weighted by Crippen LogP contribution is 2.19. The first-order valence-corrected chi connectivity index (χ1v) is 8.33. The number of aromatic nitrogens is 4. The normalized spacial score (nSPS) is 13.2. The lowest BCUT2D eigenvalue weighted by molar-refractivity contribution is -0.125. The van der Waals surface area contributed by atoms with Crippen molar-refractivity contribution in [3.8, 4) is 0 Å². The quantitative estimate of drug-likeness (QED) is 0.737. The molecule has 1 aromatic heterocycles. The van der Waals surface area contributed by atoms with Crippen LogP contribution in [0.4, 0.5) is 0 Å². The van der Waals surface area contributed by atoms with Crippen LogP contribution in [0.25, 0.3) is 0 Å². The Balaban J connectivity index is 1.77. The molecular formula is C18H18ClN5O. The van der Waals surface area contributed by atoms with Crippen molar-refractivity contribution in [2.24, 2.45) is 0 Å². The van der Waals surface area contributed by atoms with Crippen LogP contribution in [0.5, 0.6) is 0 Å². The first-order chi connectivity index (χ1) is 12.1. The molecule has 1 heterocycles. The fraction of sp³-hybridized carbons (Fsp3) is 0.222. The van der Waals surface area contributed by atoms with Crippen molar-refractivity contribution in [3.63, 3.8) is 0 Å². The molecule has 128 valence electrons. The molecule has 0 aliphatic heterocycles. The molecule has 0 bridgehead atoms. The van der Waals surface area contributed by atoms with Crippen molar-refractivity contribution in [3.05, 3.63) is 77.1 Å². The van der Waals surface area contributed by atoms with Gasteiger partial charge in [-0.05, 0) is 40.6 Å². The van der Waals surface area contributed by atoms with Gasteiger partial charge in [0, 0.05) is 11.4 Å². The summed E-state index contributed by atoms with van der Waals surface area (Å²) in [4.78, 5) is 12.9. The number of halogens is 1. The lowest BCUT2D eigenvalue weighted by Gasteiger charge is -2.20. The molecule has 2 unspecified atom stereocenters. The van der Waals surface area contributed by atoms with Crippen LogP contribution >= 0.6 is 11.6 Å². The second-order valence-electron chi connectivity index (χ2n) is 5.78. The third-order valence-electron chi connectivity index (χ3n) is 3.97. The topological polar surface area (TPSA) is 72.7 Å². The molecule has 0 fully saturated rings. The summed E-state index contributed by atoms with van der Waals surface area (Å²) in [6.45, 7) is 1.92. The van der Waals surface area contributed by atoms with Gasteiger partial charge in [-0.25, -0.2) is 4.68 Å². The van der Waals surface area contributed by atoms with E-state index in [2.05, 4.69) is 20.8 Å². The molecule has 0 spiro atoms. The van der Waals surface area contributed by atoms with Gasteiger partial charge in [0.15, 0.2) is 0 Å². The fourth-order valence-corrected chi connectivity index (χ4v) is 2.82. The summed E-state index contributed by atoms with van der Waals surface area (Å²) >= 11 is 6.03. The molecule has 1 N–H and O–H groups in total. The third kappa shape index (κ3) is 4.42. The molecule has 0 radical (unpaired) electrons. The van der Waals surface area contributed by atoms with Gasteiger partial charge in [0.25, 0.3) is 0 Å². The van der Waals surface area contributed by atoms with E-state index in [1.807, 2.05) is 55.5 Å². The molecule has 7 heteroatoms. The summed E-state index contributed by atoms with van der Waals surface area (Å²) in [7, 11) is 0. The zero-order chi connectivity index (χ0) is 17.6. The van der Waals surface area contributed by atoms with E-state index in [-0.39, 0.29) is 11.9 Å². The minimum Gasteiger partial charge on any atom is -0.348 e. The largest absolute Gasteiger partial charge is 0.348 e. The van der Waals surface area contributed by atoms with Crippen LogP contribution in [-0.2, 0) is 11.2 Å². The maximum atomic E-state index is 12.9. The van der Waals surface area contributed by atoms with Crippen molar-refractivity contribution in [2.75, 3.05) is 0 Å². The van der Waals surface area contributed by atoms with E-state index in [1.165, 1.54) is 11.0 Å². The van der Waals surface area contributed by atoms with Crippen LogP contribution < -0.4 is 5.32 Å².